The Morgan fingerprint density at radius 1 is 1.41 bits per heavy atom. The average Bonchev–Trinajstić information content (AvgIpc) is 2.36. The third-order valence-corrected chi connectivity index (χ3v) is 4.37. The number of ether oxygens (including phenoxy) is 1. The summed E-state index contributed by atoms with van der Waals surface area (Å²) in [6, 6.07) is 4.23. The van der Waals surface area contributed by atoms with Crippen LogP contribution in [-0.4, -0.2) is 7.11 Å². The quantitative estimate of drug-likeness (QED) is 0.800. The molecular weight excluding hydrogens is 278 g/mol. The summed E-state index contributed by atoms with van der Waals surface area (Å²) in [5, 5.41) is 0. The minimum atomic E-state index is 0.105. The molecule has 1 aromatic carbocycles. The number of rotatable bonds is 1. The van der Waals surface area contributed by atoms with Crippen molar-refractivity contribution >= 4 is 15.9 Å². The van der Waals surface area contributed by atoms with Crippen molar-refractivity contribution in [3.63, 3.8) is 0 Å². The third kappa shape index (κ3) is 2.66. The Kier molecular flexibility index (Phi) is 3.50. The van der Waals surface area contributed by atoms with Gasteiger partial charge in [-0.05, 0) is 47.9 Å². The van der Waals surface area contributed by atoms with Gasteiger partial charge in [0.2, 0.25) is 0 Å². The number of nitrogens with two attached hydrogens (primary N) is 1. The Hall–Kier alpha value is -0.540. The molecule has 0 spiro atoms. The van der Waals surface area contributed by atoms with Gasteiger partial charge in [0.25, 0.3) is 0 Å². The topological polar surface area (TPSA) is 35.2 Å². The van der Waals surface area contributed by atoms with E-state index < -0.39 is 0 Å². The van der Waals surface area contributed by atoms with Crippen molar-refractivity contribution in [2.45, 2.75) is 39.2 Å². The zero-order valence-corrected chi connectivity index (χ0v) is 12.3. The number of halogens is 1. The normalized spacial score (nSPS) is 22.8. The minimum Gasteiger partial charge on any atom is -0.497 e. The standard InChI is InChI=1S/C14H20BrNO/c1-14(2)5-4-10-11(13(16)8-14)6-9(17-3)7-12(10)15/h6-7,13H,4-5,8,16H2,1-3H3. The van der Waals surface area contributed by atoms with Gasteiger partial charge in [-0.25, -0.2) is 0 Å². The van der Waals surface area contributed by atoms with Crippen LogP contribution in [0.15, 0.2) is 16.6 Å². The van der Waals surface area contributed by atoms with Crippen LogP contribution in [0.1, 0.15) is 43.9 Å². The fraction of sp³-hybridized carbons (Fsp3) is 0.571. The van der Waals surface area contributed by atoms with Gasteiger partial charge in [-0.1, -0.05) is 29.8 Å². The van der Waals surface area contributed by atoms with Crippen LogP contribution in [0.5, 0.6) is 5.75 Å². The van der Waals surface area contributed by atoms with E-state index in [1.54, 1.807) is 7.11 Å². The molecule has 0 bridgehead atoms. The summed E-state index contributed by atoms with van der Waals surface area (Å²) < 4.78 is 6.44. The van der Waals surface area contributed by atoms with Crippen molar-refractivity contribution in [2.24, 2.45) is 11.1 Å². The fourth-order valence-electron chi connectivity index (χ4n) is 2.62. The number of hydrogen-bond donors (Lipinski definition) is 1. The first kappa shape index (κ1) is 12.9. The predicted octanol–water partition coefficient (Wildman–Crippen LogP) is 3.82. The summed E-state index contributed by atoms with van der Waals surface area (Å²) in [5.41, 5.74) is 9.24. The van der Waals surface area contributed by atoms with E-state index in [9.17, 15) is 0 Å². The lowest BCUT2D eigenvalue weighted by Crippen LogP contribution is -2.19. The van der Waals surface area contributed by atoms with Crippen LogP contribution in [0.3, 0.4) is 0 Å². The first-order valence-electron chi connectivity index (χ1n) is 6.05. The van der Waals surface area contributed by atoms with Gasteiger partial charge < -0.3 is 10.5 Å². The molecule has 1 aliphatic rings. The number of fused-ring (bicyclic) bond motifs is 1. The van der Waals surface area contributed by atoms with Crippen molar-refractivity contribution in [3.05, 3.63) is 27.7 Å². The van der Waals surface area contributed by atoms with Crippen LogP contribution in [0, 0.1) is 5.41 Å². The summed E-state index contributed by atoms with van der Waals surface area (Å²) in [6.07, 6.45) is 3.29. The van der Waals surface area contributed by atoms with Crippen molar-refractivity contribution in [1.29, 1.82) is 0 Å². The van der Waals surface area contributed by atoms with Gasteiger partial charge in [-0.2, -0.15) is 0 Å². The molecule has 3 heteroatoms. The van der Waals surface area contributed by atoms with Crippen molar-refractivity contribution < 1.29 is 4.74 Å². The van der Waals surface area contributed by atoms with Crippen molar-refractivity contribution in [3.8, 4) is 5.75 Å². The van der Waals surface area contributed by atoms with E-state index in [0.717, 1.165) is 23.1 Å². The van der Waals surface area contributed by atoms with Crippen LogP contribution in [-0.2, 0) is 6.42 Å². The molecule has 1 atom stereocenters. The molecule has 0 fully saturated rings. The molecule has 1 unspecified atom stereocenters. The Labute approximate surface area is 112 Å². The van der Waals surface area contributed by atoms with E-state index in [0.29, 0.717) is 5.41 Å². The highest BCUT2D eigenvalue weighted by molar-refractivity contribution is 9.10. The highest BCUT2D eigenvalue weighted by Gasteiger charge is 2.28. The second kappa shape index (κ2) is 4.62. The van der Waals surface area contributed by atoms with Gasteiger partial charge in [0.15, 0.2) is 0 Å². The highest BCUT2D eigenvalue weighted by atomic mass is 79.9. The molecule has 1 aromatic rings. The summed E-state index contributed by atoms with van der Waals surface area (Å²) >= 11 is 3.64. The molecule has 1 aliphatic carbocycles. The molecule has 0 saturated heterocycles. The number of benzene rings is 1. The van der Waals surface area contributed by atoms with E-state index in [1.165, 1.54) is 17.5 Å². The number of methoxy groups -OCH3 is 1. The van der Waals surface area contributed by atoms with Crippen molar-refractivity contribution in [1.82, 2.24) is 0 Å². The number of hydrogen-bond acceptors (Lipinski definition) is 2. The monoisotopic (exact) mass is 297 g/mol. The second-order valence-corrected chi connectivity index (χ2v) is 6.51. The molecule has 0 amide bonds. The maximum absolute atomic E-state index is 6.34. The van der Waals surface area contributed by atoms with Crippen LogP contribution in [0.2, 0.25) is 0 Å². The minimum absolute atomic E-state index is 0.105. The molecule has 0 saturated carbocycles. The molecule has 2 nitrogen and oxygen atoms in total. The lowest BCUT2D eigenvalue weighted by Gasteiger charge is -2.24. The van der Waals surface area contributed by atoms with Gasteiger partial charge >= 0.3 is 0 Å². The Bertz CT molecular complexity index is 428. The molecule has 0 aliphatic heterocycles. The van der Waals surface area contributed by atoms with Crippen LogP contribution < -0.4 is 10.5 Å². The zero-order chi connectivity index (χ0) is 12.6. The predicted molar refractivity (Wildman–Crippen MR) is 74.3 cm³/mol. The van der Waals surface area contributed by atoms with Gasteiger partial charge in [0, 0.05) is 10.5 Å². The first-order valence-corrected chi connectivity index (χ1v) is 6.84. The summed E-state index contributed by atoms with van der Waals surface area (Å²) in [5.74, 6) is 0.880. The molecule has 0 radical (unpaired) electrons. The molecule has 2 rings (SSSR count). The van der Waals surface area contributed by atoms with Gasteiger partial charge in [-0.15, -0.1) is 0 Å². The first-order chi connectivity index (χ1) is 7.93. The third-order valence-electron chi connectivity index (χ3n) is 3.66. The maximum Gasteiger partial charge on any atom is 0.120 e. The van der Waals surface area contributed by atoms with Gasteiger partial charge in [0.1, 0.15) is 5.75 Å². The van der Waals surface area contributed by atoms with E-state index in [-0.39, 0.29) is 6.04 Å². The zero-order valence-electron chi connectivity index (χ0n) is 10.7. The molecule has 94 valence electrons. The van der Waals surface area contributed by atoms with E-state index in [2.05, 4.69) is 35.8 Å². The summed E-state index contributed by atoms with van der Waals surface area (Å²) in [6.45, 7) is 4.59. The molecular formula is C14H20BrNO. The Morgan fingerprint density at radius 2 is 2.12 bits per heavy atom. The van der Waals surface area contributed by atoms with Gasteiger partial charge in [-0.3, -0.25) is 0 Å². The van der Waals surface area contributed by atoms with E-state index in [4.69, 9.17) is 10.5 Å². The van der Waals surface area contributed by atoms with Crippen LogP contribution >= 0.6 is 15.9 Å². The lowest BCUT2D eigenvalue weighted by atomic mass is 9.83. The lowest BCUT2D eigenvalue weighted by molar-refractivity contribution is 0.293. The fourth-order valence-corrected chi connectivity index (χ4v) is 3.27. The van der Waals surface area contributed by atoms with Gasteiger partial charge in [0.05, 0.1) is 7.11 Å². The maximum atomic E-state index is 6.34. The molecule has 0 heterocycles. The summed E-state index contributed by atoms with van der Waals surface area (Å²) in [4.78, 5) is 0. The second-order valence-electron chi connectivity index (χ2n) is 5.65. The molecule has 0 aromatic heterocycles. The largest absolute Gasteiger partial charge is 0.497 e. The highest BCUT2D eigenvalue weighted by Crippen LogP contribution is 2.41. The SMILES string of the molecule is COc1cc(Br)c2c(c1)C(N)CC(C)(C)CC2. The average molecular weight is 298 g/mol. The van der Waals surface area contributed by atoms with E-state index >= 15 is 0 Å². The van der Waals surface area contributed by atoms with Crippen LogP contribution in [0.4, 0.5) is 0 Å². The summed E-state index contributed by atoms with van der Waals surface area (Å²) in [7, 11) is 1.69. The molecule has 17 heavy (non-hydrogen) atoms. The molecule has 2 N–H and O–H groups in total. The Balaban J connectivity index is 2.47. The van der Waals surface area contributed by atoms with Crippen LogP contribution in [0.25, 0.3) is 0 Å². The smallest absolute Gasteiger partial charge is 0.120 e. The van der Waals surface area contributed by atoms with E-state index in [1.807, 2.05) is 6.07 Å². The van der Waals surface area contributed by atoms with Crippen molar-refractivity contribution in [2.75, 3.05) is 7.11 Å². The Morgan fingerprint density at radius 3 is 2.76 bits per heavy atom.